The van der Waals surface area contributed by atoms with Gasteiger partial charge in [-0.3, -0.25) is 4.79 Å². The van der Waals surface area contributed by atoms with Crippen LogP contribution in [0.2, 0.25) is 0 Å². The van der Waals surface area contributed by atoms with Gasteiger partial charge in [-0.2, -0.15) is 13.2 Å². The van der Waals surface area contributed by atoms with Crippen LogP contribution < -0.4 is 10.0 Å². The van der Waals surface area contributed by atoms with Crippen LogP contribution in [0.4, 0.5) is 13.2 Å². The summed E-state index contributed by atoms with van der Waals surface area (Å²) in [5.41, 5.74) is -1.30. The Bertz CT molecular complexity index is 732. The second-order valence-corrected chi connectivity index (χ2v) is 8.80. The third-order valence-electron chi connectivity index (χ3n) is 3.40. The van der Waals surface area contributed by atoms with Crippen molar-refractivity contribution in [2.75, 3.05) is 33.7 Å². The van der Waals surface area contributed by atoms with Gasteiger partial charge >= 0.3 is 6.18 Å². The number of carbonyl (C=O) groups is 1. The van der Waals surface area contributed by atoms with Gasteiger partial charge in [-0.05, 0) is 37.7 Å². The van der Waals surface area contributed by atoms with E-state index in [2.05, 4.69) is 5.32 Å². The van der Waals surface area contributed by atoms with Gasteiger partial charge in [0.1, 0.15) is 0 Å². The summed E-state index contributed by atoms with van der Waals surface area (Å²) in [4.78, 5) is 13.3. The fourth-order valence-corrected chi connectivity index (χ4v) is 3.42. The molecule has 26 heavy (non-hydrogen) atoms. The van der Waals surface area contributed by atoms with Crippen LogP contribution in [0.25, 0.3) is 0 Å². The van der Waals surface area contributed by atoms with E-state index in [-0.39, 0.29) is 5.41 Å². The molecule has 0 aliphatic heterocycles. The molecule has 1 aromatic carbocycles. The van der Waals surface area contributed by atoms with Gasteiger partial charge in [0.25, 0.3) is 0 Å². The Balaban J connectivity index is 2.67. The van der Waals surface area contributed by atoms with Crippen LogP contribution >= 0.6 is 0 Å². The number of halogens is 3. The molecule has 2 N–H and O–H groups in total. The minimum absolute atomic E-state index is 0.223. The van der Waals surface area contributed by atoms with Crippen molar-refractivity contribution in [2.24, 2.45) is 5.41 Å². The summed E-state index contributed by atoms with van der Waals surface area (Å²) in [5, 5.41) is 2.62. The summed E-state index contributed by atoms with van der Waals surface area (Å²) >= 11 is 0. The number of nitrogens with one attached hydrogen (secondary N) is 2. The van der Waals surface area contributed by atoms with E-state index in [9.17, 15) is 26.4 Å². The van der Waals surface area contributed by atoms with Gasteiger partial charge in [-0.1, -0.05) is 19.9 Å². The first-order valence-electron chi connectivity index (χ1n) is 7.81. The zero-order valence-corrected chi connectivity index (χ0v) is 16.0. The van der Waals surface area contributed by atoms with Crippen LogP contribution in [0.5, 0.6) is 0 Å². The molecule has 148 valence electrons. The summed E-state index contributed by atoms with van der Waals surface area (Å²) in [5.74, 6) is -0.563. The molecule has 0 heterocycles. The van der Waals surface area contributed by atoms with E-state index in [0.29, 0.717) is 19.2 Å². The molecule has 0 aromatic heterocycles. The lowest BCUT2D eigenvalue weighted by Gasteiger charge is -2.28. The first kappa shape index (κ1) is 22.4. The number of sulfonamides is 1. The molecule has 10 heteroatoms. The monoisotopic (exact) mass is 395 g/mol. The van der Waals surface area contributed by atoms with E-state index >= 15 is 0 Å². The van der Waals surface area contributed by atoms with Gasteiger partial charge in [0.2, 0.25) is 15.9 Å². The number of hydrogen-bond acceptors (Lipinski definition) is 4. The summed E-state index contributed by atoms with van der Waals surface area (Å²) in [6, 6.07) is 3.34. The van der Waals surface area contributed by atoms with Crippen LogP contribution in [-0.2, 0) is 21.0 Å². The van der Waals surface area contributed by atoms with E-state index in [1.165, 1.54) is 0 Å². The number of amides is 1. The Hall–Kier alpha value is -1.65. The van der Waals surface area contributed by atoms with Crippen molar-refractivity contribution in [2.45, 2.75) is 24.9 Å². The lowest BCUT2D eigenvalue weighted by Crippen LogP contribution is -2.43. The third kappa shape index (κ3) is 7.30. The molecule has 0 bridgehead atoms. The summed E-state index contributed by atoms with van der Waals surface area (Å²) in [6.45, 7) is 4.37. The maximum atomic E-state index is 12.7. The molecule has 0 fully saturated rings. The van der Waals surface area contributed by atoms with Crippen LogP contribution in [0.15, 0.2) is 29.2 Å². The molecule has 0 unspecified atom stereocenters. The van der Waals surface area contributed by atoms with Crippen molar-refractivity contribution in [3.8, 4) is 0 Å². The standard InChI is InChI=1S/C16H24F3N3O3S/c1-15(2,11-22(3)4)10-20-14(23)9-21-26(24,25)13-7-5-6-12(8-13)16(17,18)19/h5-8,21H,9-11H2,1-4H3,(H,20,23). The molecular weight excluding hydrogens is 371 g/mol. The van der Waals surface area contributed by atoms with Crippen LogP contribution in [-0.4, -0.2) is 53.0 Å². The maximum absolute atomic E-state index is 12.7. The van der Waals surface area contributed by atoms with Crippen molar-refractivity contribution in [1.29, 1.82) is 0 Å². The Morgan fingerprint density at radius 1 is 1.19 bits per heavy atom. The van der Waals surface area contributed by atoms with Crippen molar-refractivity contribution in [3.63, 3.8) is 0 Å². The fourth-order valence-electron chi connectivity index (χ4n) is 2.40. The summed E-state index contributed by atoms with van der Waals surface area (Å²) in [6.07, 6.45) is -4.65. The largest absolute Gasteiger partial charge is 0.416 e. The first-order chi connectivity index (χ1) is 11.7. The molecule has 0 saturated carbocycles. The normalized spacial score (nSPS) is 13.1. The van der Waals surface area contributed by atoms with E-state index < -0.39 is 39.1 Å². The average Bonchev–Trinajstić information content (AvgIpc) is 2.49. The van der Waals surface area contributed by atoms with Crippen LogP contribution in [0.3, 0.4) is 0 Å². The molecular formula is C16H24F3N3O3S. The van der Waals surface area contributed by atoms with E-state index in [1.54, 1.807) is 0 Å². The van der Waals surface area contributed by atoms with Crippen molar-refractivity contribution in [3.05, 3.63) is 29.8 Å². The topological polar surface area (TPSA) is 78.5 Å². The van der Waals surface area contributed by atoms with Gasteiger partial charge in [0.15, 0.2) is 0 Å². The third-order valence-corrected chi connectivity index (χ3v) is 4.80. The lowest BCUT2D eigenvalue weighted by atomic mass is 9.93. The first-order valence-corrected chi connectivity index (χ1v) is 9.30. The SMILES string of the molecule is CN(C)CC(C)(C)CNC(=O)CNS(=O)(=O)c1cccc(C(F)(F)F)c1. The molecule has 6 nitrogen and oxygen atoms in total. The average molecular weight is 395 g/mol. The molecule has 0 atom stereocenters. The molecule has 0 radical (unpaired) electrons. The predicted octanol–water partition coefficient (Wildman–Crippen LogP) is 1.69. The predicted molar refractivity (Wildman–Crippen MR) is 92.0 cm³/mol. The number of rotatable bonds is 8. The highest BCUT2D eigenvalue weighted by atomic mass is 32.2. The zero-order chi connectivity index (χ0) is 20.2. The van der Waals surface area contributed by atoms with E-state index in [4.69, 9.17) is 0 Å². The number of hydrogen-bond donors (Lipinski definition) is 2. The van der Waals surface area contributed by atoms with Gasteiger partial charge < -0.3 is 10.2 Å². The summed E-state index contributed by atoms with van der Waals surface area (Å²) < 4.78 is 64.3. The number of alkyl halides is 3. The fraction of sp³-hybridized carbons (Fsp3) is 0.562. The lowest BCUT2D eigenvalue weighted by molar-refractivity contribution is -0.137. The number of carbonyl (C=O) groups excluding carboxylic acids is 1. The molecule has 0 aliphatic rings. The zero-order valence-electron chi connectivity index (χ0n) is 15.1. The van der Waals surface area contributed by atoms with Crippen molar-refractivity contribution in [1.82, 2.24) is 14.9 Å². The molecule has 1 rings (SSSR count). The Morgan fingerprint density at radius 3 is 2.35 bits per heavy atom. The van der Waals surface area contributed by atoms with Crippen LogP contribution in [0.1, 0.15) is 19.4 Å². The smallest absolute Gasteiger partial charge is 0.354 e. The maximum Gasteiger partial charge on any atom is 0.416 e. The highest BCUT2D eigenvalue weighted by Gasteiger charge is 2.31. The van der Waals surface area contributed by atoms with Gasteiger partial charge in [0, 0.05) is 13.1 Å². The highest BCUT2D eigenvalue weighted by molar-refractivity contribution is 7.89. The highest BCUT2D eigenvalue weighted by Crippen LogP contribution is 2.30. The molecule has 1 aromatic rings. The second-order valence-electron chi connectivity index (χ2n) is 7.03. The Labute approximate surface area is 151 Å². The number of nitrogens with zero attached hydrogens (tertiary/aromatic N) is 1. The minimum atomic E-state index is -4.65. The minimum Gasteiger partial charge on any atom is -0.354 e. The number of benzene rings is 1. The van der Waals surface area contributed by atoms with Gasteiger partial charge in [-0.15, -0.1) is 0 Å². The van der Waals surface area contributed by atoms with E-state index in [1.807, 2.05) is 37.6 Å². The molecule has 0 aliphatic carbocycles. The second kappa shape index (κ2) is 8.36. The summed E-state index contributed by atoms with van der Waals surface area (Å²) in [7, 11) is -0.439. The van der Waals surface area contributed by atoms with Crippen molar-refractivity contribution >= 4 is 15.9 Å². The van der Waals surface area contributed by atoms with E-state index in [0.717, 1.165) is 18.2 Å². The van der Waals surface area contributed by atoms with Crippen molar-refractivity contribution < 1.29 is 26.4 Å². The molecule has 0 spiro atoms. The molecule has 1 amide bonds. The van der Waals surface area contributed by atoms with Gasteiger partial charge in [0.05, 0.1) is 17.0 Å². The quantitative estimate of drug-likeness (QED) is 0.702. The Morgan fingerprint density at radius 2 is 1.81 bits per heavy atom. The molecule has 0 saturated heterocycles. The Kier molecular flexibility index (Phi) is 7.20. The van der Waals surface area contributed by atoms with Crippen LogP contribution in [0, 0.1) is 5.41 Å². The van der Waals surface area contributed by atoms with Gasteiger partial charge in [-0.25, -0.2) is 13.1 Å².